The Balaban J connectivity index is 1.86. The Labute approximate surface area is 189 Å². The highest BCUT2D eigenvalue weighted by Gasteiger charge is 2.28. The number of aromatic hydroxyl groups is 1. The molecule has 0 saturated carbocycles. The van der Waals surface area contributed by atoms with Crippen molar-refractivity contribution >= 4 is 22.4 Å². The second kappa shape index (κ2) is 9.37. The molecule has 0 radical (unpaired) electrons. The van der Waals surface area contributed by atoms with Gasteiger partial charge in [0, 0.05) is 22.6 Å². The summed E-state index contributed by atoms with van der Waals surface area (Å²) in [6.45, 7) is 6.70. The largest absolute Gasteiger partial charge is 0.507 e. The van der Waals surface area contributed by atoms with Crippen LogP contribution in [0.3, 0.4) is 0 Å². The predicted octanol–water partition coefficient (Wildman–Crippen LogP) is 6.64. The summed E-state index contributed by atoms with van der Waals surface area (Å²) in [4.78, 5) is 2.45. The molecule has 164 valence electrons. The molecular formula is C26H30ClNO3. The fourth-order valence-corrected chi connectivity index (χ4v) is 5.00. The second-order valence-corrected chi connectivity index (χ2v) is 8.65. The van der Waals surface area contributed by atoms with Crippen LogP contribution in [-0.4, -0.2) is 30.2 Å². The lowest BCUT2D eigenvalue weighted by atomic mass is 9.92. The first-order valence-corrected chi connectivity index (χ1v) is 11.3. The van der Waals surface area contributed by atoms with E-state index in [9.17, 15) is 5.11 Å². The minimum Gasteiger partial charge on any atom is -0.507 e. The highest BCUT2D eigenvalue weighted by molar-refractivity contribution is 6.38. The molecule has 1 N–H and O–H groups in total. The van der Waals surface area contributed by atoms with E-state index >= 15 is 0 Å². The third-order valence-electron chi connectivity index (χ3n) is 6.39. The van der Waals surface area contributed by atoms with E-state index in [1.807, 2.05) is 43.3 Å². The van der Waals surface area contributed by atoms with Crippen LogP contribution in [0.25, 0.3) is 10.8 Å². The number of phenols is 1. The van der Waals surface area contributed by atoms with Crippen LogP contribution in [0.5, 0.6) is 17.2 Å². The van der Waals surface area contributed by atoms with Crippen molar-refractivity contribution in [3.63, 3.8) is 0 Å². The monoisotopic (exact) mass is 439 g/mol. The molecule has 1 fully saturated rings. The zero-order chi connectivity index (χ0) is 22.0. The van der Waals surface area contributed by atoms with Crippen LogP contribution in [0.2, 0.25) is 5.02 Å². The molecule has 0 spiro atoms. The van der Waals surface area contributed by atoms with Crippen LogP contribution in [0.4, 0.5) is 0 Å². The molecule has 1 unspecified atom stereocenters. The molecule has 5 heteroatoms. The molecule has 4 rings (SSSR count). The zero-order valence-corrected chi connectivity index (χ0v) is 19.2. The van der Waals surface area contributed by atoms with Crippen LogP contribution in [0.1, 0.15) is 48.9 Å². The summed E-state index contributed by atoms with van der Waals surface area (Å²) < 4.78 is 11.8. The Morgan fingerprint density at radius 1 is 1.06 bits per heavy atom. The van der Waals surface area contributed by atoms with E-state index in [1.165, 1.54) is 19.3 Å². The number of nitrogens with zero attached hydrogens (tertiary/aromatic N) is 1. The SMILES string of the molecule is COc1ccc2c(O)c(C(C)N3CCCCC3)c(C)c(OCc3ccccc3)c2c1Cl. The van der Waals surface area contributed by atoms with Crippen molar-refractivity contribution in [1.82, 2.24) is 4.90 Å². The first kappa shape index (κ1) is 21.8. The molecule has 0 amide bonds. The summed E-state index contributed by atoms with van der Waals surface area (Å²) in [7, 11) is 1.59. The third kappa shape index (κ3) is 4.19. The smallest absolute Gasteiger partial charge is 0.138 e. The minimum atomic E-state index is 0.0876. The van der Waals surface area contributed by atoms with Gasteiger partial charge in [0.05, 0.1) is 17.5 Å². The first-order valence-electron chi connectivity index (χ1n) is 10.9. The highest BCUT2D eigenvalue weighted by Crippen LogP contribution is 2.48. The predicted molar refractivity (Wildman–Crippen MR) is 127 cm³/mol. The Bertz CT molecular complexity index is 1060. The zero-order valence-electron chi connectivity index (χ0n) is 18.5. The van der Waals surface area contributed by atoms with E-state index in [0.29, 0.717) is 33.9 Å². The first-order chi connectivity index (χ1) is 15.0. The molecule has 3 aromatic carbocycles. The summed E-state index contributed by atoms with van der Waals surface area (Å²) in [5, 5.41) is 13.2. The average molecular weight is 440 g/mol. The van der Waals surface area contributed by atoms with Crippen molar-refractivity contribution in [2.24, 2.45) is 0 Å². The molecule has 1 aliphatic heterocycles. The summed E-state index contributed by atoms with van der Waals surface area (Å²) in [6.07, 6.45) is 3.66. The summed E-state index contributed by atoms with van der Waals surface area (Å²) in [6, 6.07) is 13.8. The summed E-state index contributed by atoms with van der Waals surface area (Å²) >= 11 is 6.73. The number of hydrogen-bond acceptors (Lipinski definition) is 4. The minimum absolute atomic E-state index is 0.0876. The molecule has 3 aromatic rings. The molecule has 0 bridgehead atoms. The molecular weight excluding hydrogens is 410 g/mol. The molecule has 1 saturated heterocycles. The fourth-order valence-electron chi connectivity index (χ4n) is 4.68. The van der Waals surface area contributed by atoms with Gasteiger partial charge in [0.1, 0.15) is 23.9 Å². The quantitative estimate of drug-likeness (QED) is 0.467. The van der Waals surface area contributed by atoms with Crippen molar-refractivity contribution in [3.8, 4) is 17.2 Å². The van der Waals surface area contributed by atoms with Crippen LogP contribution >= 0.6 is 11.6 Å². The van der Waals surface area contributed by atoms with E-state index in [2.05, 4.69) is 11.8 Å². The van der Waals surface area contributed by atoms with Crippen LogP contribution in [0.15, 0.2) is 42.5 Å². The lowest BCUT2D eigenvalue weighted by molar-refractivity contribution is 0.171. The van der Waals surface area contributed by atoms with E-state index in [0.717, 1.165) is 29.8 Å². The van der Waals surface area contributed by atoms with Crippen molar-refractivity contribution in [2.45, 2.75) is 45.8 Å². The number of phenolic OH excluding ortho intramolecular Hbond substituents is 1. The molecule has 0 aromatic heterocycles. The second-order valence-electron chi connectivity index (χ2n) is 8.27. The van der Waals surface area contributed by atoms with Crippen LogP contribution < -0.4 is 9.47 Å². The maximum atomic E-state index is 11.3. The van der Waals surface area contributed by atoms with Crippen molar-refractivity contribution < 1.29 is 14.6 Å². The van der Waals surface area contributed by atoms with Gasteiger partial charge in [-0.3, -0.25) is 4.90 Å². The van der Waals surface area contributed by atoms with Crippen molar-refractivity contribution in [1.29, 1.82) is 0 Å². The number of piperidine rings is 1. The van der Waals surface area contributed by atoms with Crippen LogP contribution in [0, 0.1) is 6.92 Å². The number of methoxy groups -OCH3 is 1. The number of rotatable bonds is 6. The maximum absolute atomic E-state index is 11.3. The van der Waals surface area contributed by atoms with Gasteiger partial charge in [-0.2, -0.15) is 0 Å². The Morgan fingerprint density at radius 2 is 1.77 bits per heavy atom. The number of likely N-dealkylation sites (tertiary alicyclic amines) is 1. The van der Waals surface area contributed by atoms with E-state index in [-0.39, 0.29) is 11.8 Å². The number of benzene rings is 3. The van der Waals surface area contributed by atoms with E-state index in [1.54, 1.807) is 13.2 Å². The molecule has 31 heavy (non-hydrogen) atoms. The number of hydrogen-bond donors (Lipinski definition) is 1. The third-order valence-corrected chi connectivity index (χ3v) is 6.77. The van der Waals surface area contributed by atoms with Crippen molar-refractivity contribution in [3.05, 3.63) is 64.2 Å². The molecule has 1 heterocycles. The Kier molecular flexibility index (Phi) is 6.59. The van der Waals surface area contributed by atoms with Gasteiger partial charge < -0.3 is 14.6 Å². The Morgan fingerprint density at radius 3 is 2.45 bits per heavy atom. The topological polar surface area (TPSA) is 41.9 Å². The summed E-state index contributed by atoms with van der Waals surface area (Å²) in [5.41, 5.74) is 2.92. The molecule has 0 aliphatic carbocycles. The lowest BCUT2D eigenvalue weighted by Crippen LogP contribution is -2.32. The van der Waals surface area contributed by atoms with Crippen molar-refractivity contribution in [2.75, 3.05) is 20.2 Å². The Hall–Kier alpha value is -2.43. The van der Waals surface area contributed by atoms with Gasteiger partial charge in [-0.15, -0.1) is 0 Å². The normalized spacial score (nSPS) is 15.7. The van der Waals surface area contributed by atoms with Gasteiger partial charge in [-0.25, -0.2) is 0 Å². The standard InChI is InChI=1S/C26H30ClNO3/c1-17-22(18(2)28-14-8-5-9-15-28)25(29)20-12-13-21(30-3)24(27)23(20)26(17)31-16-19-10-6-4-7-11-19/h4,6-7,10-13,18,29H,5,8-9,14-16H2,1-3H3. The highest BCUT2D eigenvalue weighted by atomic mass is 35.5. The number of fused-ring (bicyclic) bond motifs is 1. The molecule has 1 atom stereocenters. The summed E-state index contributed by atoms with van der Waals surface area (Å²) in [5.74, 6) is 1.55. The van der Waals surface area contributed by atoms with Gasteiger partial charge >= 0.3 is 0 Å². The molecule has 4 nitrogen and oxygen atoms in total. The fraction of sp³-hybridized carbons (Fsp3) is 0.385. The van der Waals surface area contributed by atoms with E-state index < -0.39 is 0 Å². The van der Waals surface area contributed by atoms with Crippen LogP contribution in [-0.2, 0) is 6.61 Å². The van der Waals surface area contributed by atoms with Gasteiger partial charge in [0.15, 0.2) is 0 Å². The maximum Gasteiger partial charge on any atom is 0.138 e. The van der Waals surface area contributed by atoms with Gasteiger partial charge in [0.25, 0.3) is 0 Å². The van der Waals surface area contributed by atoms with Gasteiger partial charge in [-0.1, -0.05) is 48.4 Å². The number of halogens is 1. The molecule has 1 aliphatic rings. The average Bonchev–Trinajstić information content (AvgIpc) is 2.80. The van der Waals surface area contributed by atoms with Gasteiger partial charge in [-0.05, 0) is 57.5 Å². The number of ether oxygens (including phenoxy) is 2. The lowest BCUT2D eigenvalue weighted by Gasteiger charge is -2.34. The van der Waals surface area contributed by atoms with E-state index in [4.69, 9.17) is 21.1 Å². The van der Waals surface area contributed by atoms with Gasteiger partial charge in [0.2, 0.25) is 0 Å².